The topological polar surface area (TPSA) is 119 Å². The molecule has 0 aliphatic heterocycles. The second-order valence-corrected chi connectivity index (χ2v) is 6.02. The van der Waals surface area contributed by atoms with Gasteiger partial charge in [-0.05, 0) is 66.7 Å². The third-order valence-corrected chi connectivity index (χ3v) is 4.02. The highest BCUT2D eigenvalue weighted by atomic mass is 16.5. The van der Waals surface area contributed by atoms with Crippen LogP contribution >= 0.6 is 0 Å². The molecule has 0 atom stereocenters. The van der Waals surface area contributed by atoms with Crippen LogP contribution in [0, 0.1) is 0 Å². The molecule has 0 radical (unpaired) electrons. The zero-order chi connectivity index (χ0) is 21.7. The largest absolute Gasteiger partial charge is 0.508 e. The SMILES string of the molecule is COc1ccc(C(=O)Oc2ccc(OC(=O)c3ccc(O)cc3)c(C(=O)O)c2)cc1. The molecule has 8 nitrogen and oxygen atoms in total. The minimum atomic E-state index is -1.37. The van der Waals surface area contributed by atoms with Gasteiger partial charge in [0.2, 0.25) is 0 Å². The van der Waals surface area contributed by atoms with Crippen LogP contribution in [0.5, 0.6) is 23.0 Å². The maximum Gasteiger partial charge on any atom is 0.343 e. The van der Waals surface area contributed by atoms with E-state index in [1.807, 2.05) is 0 Å². The Morgan fingerprint density at radius 3 is 1.83 bits per heavy atom. The Kier molecular flexibility index (Phi) is 5.97. The predicted octanol–water partition coefficient (Wildman–Crippen LogP) is 3.54. The molecule has 30 heavy (non-hydrogen) atoms. The van der Waals surface area contributed by atoms with E-state index in [2.05, 4.69) is 0 Å². The van der Waals surface area contributed by atoms with Crippen molar-refractivity contribution in [3.63, 3.8) is 0 Å². The van der Waals surface area contributed by atoms with Crippen molar-refractivity contribution in [3.8, 4) is 23.0 Å². The van der Waals surface area contributed by atoms with E-state index in [9.17, 15) is 24.6 Å². The van der Waals surface area contributed by atoms with Crippen LogP contribution in [-0.4, -0.2) is 35.2 Å². The molecule has 0 spiro atoms. The quantitative estimate of drug-likeness (QED) is 0.470. The number of esters is 2. The predicted molar refractivity (Wildman–Crippen MR) is 104 cm³/mol. The molecule has 0 bridgehead atoms. The lowest BCUT2D eigenvalue weighted by Gasteiger charge is -2.10. The van der Waals surface area contributed by atoms with Gasteiger partial charge in [0.05, 0.1) is 18.2 Å². The monoisotopic (exact) mass is 408 g/mol. The molecule has 0 aliphatic rings. The smallest absolute Gasteiger partial charge is 0.343 e. The van der Waals surface area contributed by atoms with Crippen LogP contribution in [0.15, 0.2) is 66.7 Å². The summed E-state index contributed by atoms with van der Waals surface area (Å²) in [5.41, 5.74) is 0.0109. The van der Waals surface area contributed by atoms with Crippen LogP contribution in [0.4, 0.5) is 0 Å². The maximum absolute atomic E-state index is 12.3. The van der Waals surface area contributed by atoms with Crippen molar-refractivity contribution >= 4 is 17.9 Å². The van der Waals surface area contributed by atoms with Gasteiger partial charge in [-0.25, -0.2) is 14.4 Å². The second-order valence-electron chi connectivity index (χ2n) is 6.02. The molecular weight excluding hydrogens is 392 g/mol. The molecule has 0 unspecified atom stereocenters. The van der Waals surface area contributed by atoms with Crippen molar-refractivity contribution in [2.45, 2.75) is 0 Å². The average Bonchev–Trinajstić information content (AvgIpc) is 2.75. The molecule has 8 heteroatoms. The number of carbonyl (C=O) groups excluding carboxylic acids is 2. The lowest BCUT2D eigenvalue weighted by Crippen LogP contribution is -2.13. The first-order valence-electron chi connectivity index (χ1n) is 8.62. The summed E-state index contributed by atoms with van der Waals surface area (Å²) in [7, 11) is 1.50. The Labute approximate surface area is 170 Å². The number of methoxy groups -OCH3 is 1. The highest BCUT2D eigenvalue weighted by Crippen LogP contribution is 2.26. The highest BCUT2D eigenvalue weighted by molar-refractivity contribution is 5.96. The van der Waals surface area contributed by atoms with Crippen molar-refractivity contribution < 1.29 is 38.8 Å². The van der Waals surface area contributed by atoms with Crippen LogP contribution in [0.25, 0.3) is 0 Å². The van der Waals surface area contributed by atoms with Gasteiger partial charge in [-0.2, -0.15) is 0 Å². The number of aromatic carboxylic acids is 1. The molecule has 0 amide bonds. The van der Waals surface area contributed by atoms with Crippen molar-refractivity contribution in [1.29, 1.82) is 0 Å². The Bertz CT molecular complexity index is 1090. The van der Waals surface area contributed by atoms with E-state index in [-0.39, 0.29) is 33.9 Å². The van der Waals surface area contributed by atoms with Gasteiger partial charge in [0, 0.05) is 0 Å². The van der Waals surface area contributed by atoms with Gasteiger partial charge < -0.3 is 24.4 Å². The molecule has 0 aromatic heterocycles. The zero-order valence-electron chi connectivity index (χ0n) is 15.7. The number of hydrogen-bond acceptors (Lipinski definition) is 7. The minimum Gasteiger partial charge on any atom is -0.508 e. The number of carboxylic acid groups (broad SMARTS) is 1. The van der Waals surface area contributed by atoms with Crippen molar-refractivity contribution in [2.75, 3.05) is 7.11 Å². The van der Waals surface area contributed by atoms with Crippen LogP contribution in [0.2, 0.25) is 0 Å². The molecule has 0 heterocycles. The van der Waals surface area contributed by atoms with Crippen LogP contribution in [-0.2, 0) is 0 Å². The standard InChI is InChI=1S/C22H16O8/c1-28-16-8-4-14(5-9-16)21(26)29-17-10-11-19(18(12-17)20(24)25)30-22(27)13-2-6-15(23)7-3-13/h2-12,23H,1H3,(H,24,25). The summed E-state index contributed by atoms with van der Waals surface area (Å²) in [6, 6.07) is 15.1. The zero-order valence-corrected chi connectivity index (χ0v) is 15.7. The van der Waals surface area contributed by atoms with Gasteiger partial charge >= 0.3 is 17.9 Å². The number of hydrogen-bond donors (Lipinski definition) is 2. The number of rotatable bonds is 6. The molecule has 3 aromatic rings. The summed E-state index contributed by atoms with van der Waals surface area (Å²) in [6.45, 7) is 0. The number of carbonyl (C=O) groups is 3. The molecule has 0 saturated heterocycles. The van der Waals surface area contributed by atoms with E-state index in [0.717, 1.165) is 6.07 Å². The van der Waals surface area contributed by atoms with Gasteiger partial charge in [-0.1, -0.05) is 0 Å². The van der Waals surface area contributed by atoms with Gasteiger partial charge in [0.15, 0.2) is 0 Å². The van der Waals surface area contributed by atoms with Gasteiger partial charge in [0.1, 0.15) is 28.6 Å². The first-order chi connectivity index (χ1) is 14.4. The Morgan fingerprint density at radius 2 is 1.27 bits per heavy atom. The molecule has 152 valence electrons. The van der Waals surface area contributed by atoms with Crippen LogP contribution in [0.1, 0.15) is 31.1 Å². The highest BCUT2D eigenvalue weighted by Gasteiger charge is 2.18. The Balaban J connectivity index is 1.78. The Hall–Kier alpha value is -4.33. The lowest BCUT2D eigenvalue weighted by atomic mass is 10.1. The molecule has 0 fully saturated rings. The van der Waals surface area contributed by atoms with Gasteiger partial charge in [-0.3, -0.25) is 0 Å². The fourth-order valence-electron chi connectivity index (χ4n) is 2.48. The minimum absolute atomic E-state index is 0.0270. The number of phenolic OH excluding ortho intramolecular Hbond substituents is 1. The molecule has 3 aromatic carbocycles. The van der Waals surface area contributed by atoms with E-state index in [0.29, 0.717) is 5.75 Å². The van der Waals surface area contributed by atoms with Crippen molar-refractivity contribution in [2.24, 2.45) is 0 Å². The number of aromatic hydroxyl groups is 1. The third-order valence-electron chi connectivity index (χ3n) is 4.02. The normalized spacial score (nSPS) is 10.2. The average molecular weight is 408 g/mol. The number of carboxylic acids is 1. The number of phenols is 1. The van der Waals surface area contributed by atoms with E-state index in [4.69, 9.17) is 14.2 Å². The molecule has 3 rings (SSSR count). The summed E-state index contributed by atoms with van der Waals surface area (Å²) in [4.78, 5) is 36.0. The van der Waals surface area contributed by atoms with E-state index < -0.39 is 17.9 Å². The third kappa shape index (κ3) is 4.74. The van der Waals surface area contributed by atoms with Gasteiger partial charge in [0.25, 0.3) is 0 Å². The summed E-state index contributed by atoms with van der Waals surface area (Å²) >= 11 is 0. The first-order valence-corrected chi connectivity index (χ1v) is 8.62. The summed E-state index contributed by atoms with van der Waals surface area (Å²) in [5.74, 6) is -2.57. The van der Waals surface area contributed by atoms with E-state index in [1.165, 1.54) is 55.6 Å². The fourth-order valence-corrected chi connectivity index (χ4v) is 2.48. The molecule has 2 N–H and O–H groups in total. The fraction of sp³-hybridized carbons (Fsp3) is 0.0455. The van der Waals surface area contributed by atoms with Crippen LogP contribution < -0.4 is 14.2 Å². The summed E-state index contributed by atoms with van der Waals surface area (Å²) < 4.78 is 15.4. The second kappa shape index (κ2) is 8.78. The van der Waals surface area contributed by atoms with E-state index in [1.54, 1.807) is 12.1 Å². The Morgan fingerprint density at radius 1 is 0.733 bits per heavy atom. The van der Waals surface area contributed by atoms with Gasteiger partial charge in [-0.15, -0.1) is 0 Å². The van der Waals surface area contributed by atoms with E-state index >= 15 is 0 Å². The molecular formula is C22H16O8. The number of ether oxygens (including phenoxy) is 3. The number of benzene rings is 3. The van der Waals surface area contributed by atoms with Crippen molar-refractivity contribution in [3.05, 3.63) is 83.4 Å². The molecule has 0 aliphatic carbocycles. The van der Waals surface area contributed by atoms with Crippen molar-refractivity contribution in [1.82, 2.24) is 0 Å². The molecule has 0 saturated carbocycles. The van der Waals surface area contributed by atoms with Crippen LogP contribution in [0.3, 0.4) is 0 Å². The first kappa shape index (κ1) is 20.4. The summed E-state index contributed by atoms with van der Waals surface area (Å²) in [6.07, 6.45) is 0. The summed E-state index contributed by atoms with van der Waals surface area (Å²) in [5, 5.41) is 18.7. The maximum atomic E-state index is 12.3. The lowest BCUT2D eigenvalue weighted by molar-refractivity contribution is 0.0670.